The number of rotatable bonds is 6. The zero-order valence-corrected chi connectivity index (χ0v) is 12.9. The maximum absolute atomic E-state index is 12.1. The summed E-state index contributed by atoms with van der Waals surface area (Å²) < 4.78 is 5.13. The van der Waals surface area contributed by atoms with Crippen molar-refractivity contribution in [2.75, 3.05) is 38.7 Å². The zero-order valence-electron chi connectivity index (χ0n) is 12.9. The van der Waals surface area contributed by atoms with Crippen LogP contribution in [-0.2, 0) is 16.0 Å². The molecule has 0 aliphatic carbocycles. The fraction of sp³-hybridized carbons (Fsp3) is 0.471. The van der Waals surface area contributed by atoms with Gasteiger partial charge in [0.1, 0.15) is 0 Å². The second kappa shape index (κ2) is 7.96. The van der Waals surface area contributed by atoms with E-state index in [9.17, 15) is 4.79 Å². The Balaban J connectivity index is 1.82. The standard InChI is InChI=1S/C17H24N2O2/c1-3-14-5-4-6-16(11-14)18-17(20)12-19-9-7-15(8-10-19)13-21-2/h4-7,11H,3,8-10,12-13H2,1-2H3,(H,18,20). The van der Waals surface area contributed by atoms with Gasteiger partial charge in [0, 0.05) is 25.9 Å². The van der Waals surface area contributed by atoms with Gasteiger partial charge in [0.05, 0.1) is 13.2 Å². The molecule has 21 heavy (non-hydrogen) atoms. The molecule has 0 fully saturated rings. The first-order valence-electron chi connectivity index (χ1n) is 7.49. The molecule has 1 aliphatic heterocycles. The van der Waals surface area contributed by atoms with E-state index in [-0.39, 0.29) is 5.91 Å². The van der Waals surface area contributed by atoms with Crippen LogP contribution in [0.1, 0.15) is 18.9 Å². The molecular weight excluding hydrogens is 264 g/mol. The largest absolute Gasteiger partial charge is 0.380 e. The minimum absolute atomic E-state index is 0.0480. The fourth-order valence-electron chi connectivity index (χ4n) is 2.49. The molecule has 1 heterocycles. The highest BCUT2D eigenvalue weighted by Crippen LogP contribution is 2.13. The summed E-state index contributed by atoms with van der Waals surface area (Å²) in [5, 5.41) is 2.97. The van der Waals surface area contributed by atoms with Gasteiger partial charge in [-0.15, -0.1) is 0 Å². The molecule has 1 aliphatic rings. The Hall–Kier alpha value is -1.65. The third-order valence-corrected chi connectivity index (χ3v) is 3.70. The van der Waals surface area contributed by atoms with Crippen molar-refractivity contribution in [1.82, 2.24) is 4.90 Å². The molecule has 1 amide bonds. The van der Waals surface area contributed by atoms with Crippen molar-refractivity contribution in [1.29, 1.82) is 0 Å². The first-order chi connectivity index (χ1) is 10.2. The Morgan fingerprint density at radius 1 is 1.43 bits per heavy atom. The number of carbonyl (C=O) groups is 1. The molecule has 4 nitrogen and oxygen atoms in total. The summed E-state index contributed by atoms with van der Waals surface area (Å²) in [7, 11) is 1.71. The summed E-state index contributed by atoms with van der Waals surface area (Å²) in [6.45, 7) is 4.98. The van der Waals surface area contributed by atoms with Gasteiger partial charge >= 0.3 is 0 Å². The maximum Gasteiger partial charge on any atom is 0.238 e. The number of methoxy groups -OCH3 is 1. The minimum Gasteiger partial charge on any atom is -0.380 e. The van der Waals surface area contributed by atoms with Crippen LogP contribution in [0.15, 0.2) is 35.9 Å². The number of carbonyl (C=O) groups excluding carboxylic acids is 1. The molecule has 4 heteroatoms. The molecule has 1 aromatic rings. The SMILES string of the molecule is CCc1cccc(NC(=O)CN2CC=C(COC)CC2)c1. The summed E-state index contributed by atoms with van der Waals surface area (Å²) in [5.41, 5.74) is 3.44. The monoisotopic (exact) mass is 288 g/mol. The van der Waals surface area contributed by atoms with Crippen LogP contribution in [0.3, 0.4) is 0 Å². The molecule has 2 rings (SSSR count). The van der Waals surface area contributed by atoms with Gasteiger partial charge < -0.3 is 10.1 Å². The number of benzene rings is 1. The normalized spacial score (nSPS) is 15.6. The van der Waals surface area contributed by atoms with E-state index in [0.717, 1.165) is 31.6 Å². The van der Waals surface area contributed by atoms with Gasteiger partial charge in [0.15, 0.2) is 0 Å². The molecule has 0 saturated heterocycles. The molecule has 0 spiro atoms. The predicted molar refractivity (Wildman–Crippen MR) is 85.5 cm³/mol. The van der Waals surface area contributed by atoms with E-state index in [0.29, 0.717) is 13.2 Å². The van der Waals surface area contributed by atoms with E-state index in [1.54, 1.807) is 7.11 Å². The van der Waals surface area contributed by atoms with Crippen LogP contribution in [0.2, 0.25) is 0 Å². The van der Waals surface area contributed by atoms with Crippen LogP contribution in [0, 0.1) is 0 Å². The van der Waals surface area contributed by atoms with Crippen molar-refractivity contribution in [3.63, 3.8) is 0 Å². The van der Waals surface area contributed by atoms with Gasteiger partial charge in [-0.25, -0.2) is 0 Å². The summed E-state index contributed by atoms with van der Waals surface area (Å²) in [5.74, 6) is 0.0480. The lowest BCUT2D eigenvalue weighted by atomic mass is 10.1. The number of aryl methyl sites for hydroxylation is 1. The zero-order chi connectivity index (χ0) is 15.1. The number of anilines is 1. The first kappa shape index (κ1) is 15.7. The Bertz CT molecular complexity index is 511. The molecule has 1 N–H and O–H groups in total. The van der Waals surface area contributed by atoms with Gasteiger partial charge in [-0.05, 0) is 36.1 Å². The number of hydrogen-bond donors (Lipinski definition) is 1. The van der Waals surface area contributed by atoms with Crippen molar-refractivity contribution in [3.8, 4) is 0 Å². The molecule has 0 unspecified atom stereocenters. The smallest absolute Gasteiger partial charge is 0.238 e. The summed E-state index contributed by atoms with van der Waals surface area (Å²) in [6, 6.07) is 8.02. The van der Waals surface area contributed by atoms with Crippen LogP contribution in [0.5, 0.6) is 0 Å². The highest BCUT2D eigenvalue weighted by Gasteiger charge is 2.14. The number of amides is 1. The molecule has 0 aromatic heterocycles. The first-order valence-corrected chi connectivity index (χ1v) is 7.49. The molecule has 0 atom stereocenters. The minimum atomic E-state index is 0.0480. The Morgan fingerprint density at radius 3 is 2.95 bits per heavy atom. The number of nitrogens with one attached hydrogen (secondary N) is 1. The Morgan fingerprint density at radius 2 is 2.29 bits per heavy atom. The lowest BCUT2D eigenvalue weighted by molar-refractivity contribution is -0.117. The summed E-state index contributed by atoms with van der Waals surface area (Å²) in [6.07, 6.45) is 4.12. The van der Waals surface area contributed by atoms with Crippen LogP contribution in [-0.4, -0.2) is 44.2 Å². The molecular formula is C17H24N2O2. The quantitative estimate of drug-likeness (QED) is 0.818. The van der Waals surface area contributed by atoms with Crippen molar-refractivity contribution < 1.29 is 9.53 Å². The Kier molecular flexibility index (Phi) is 5.96. The van der Waals surface area contributed by atoms with Gasteiger partial charge in [-0.1, -0.05) is 25.1 Å². The summed E-state index contributed by atoms with van der Waals surface area (Å²) in [4.78, 5) is 14.2. The van der Waals surface area contributed by atoms with Crippen molar-refractivity contribution >= 4 is 11.6 Å². The average Bonchev–Trinajstić information content (AvgIpc) is 2.49. The third-order valence-electron chi connectivity index (χ3n) is 3.70. The average molecular weight is 288 g/mol. The number of ether oxygens (including phenoxy) is 1. The predicted octanol–water partition coefficient (Wildman–Crippen LogP) is 2.47. The fourth-order valence-corrected chi connectivity index (χ4v) is 2.49. The summed E-state index contributed by atoms with van der Waals surface area (Å²) >= 11 is 0. The van der Waals surface area contributed by atoms with Crippen LogP contribution in [0.4, 0.5) is 5.69 Å². The highest BCUT2D eigenvalue weighted by atomic mass is 16.5. The van der Waals surface area contributed by atoms with Crippen LogP contribution < -0.4 is 5.32 Å². The lowest BCUT2D eigenvalue weighted by Gasteiger charge is -2.25. The molecule has 114 valence electrons. The van der Waals surface area contributed by atoms with Crippen LogP contribution >= 0.6 is 0 Å². The second-order valence-electron chi connectivity index (χ2n) is 5.38. The van der Waals surface area contributed by atoms with Crippen molar-refractivity contribution in [2.45, 2.75) is 19.8 Å². The van der Waals surface area contributed by atoms with E-state index in [2.05, 4.69) is 29.3 Å². The van der Waals surface area contributed by atoms with E-state index >= 15 is 0 Å². The van der Waals surface area contributed by atoms with E-state index < -0.39 is 0 Å². The number of nitrogens with zero attached hydrogens (tertiary/aromatic N) is 1. The van der Waals surface area contributed by atoms with Gasteiger partial charge in [-0.3, -0.25) is 9.69 Å². The molecule has 0 bridgehead atoms. The van der Waals surface area contributed by atoms with Crippen molar-refractivity contribution in [2.24, 2.45) is 0 Å². The third kappa shape index (κ3) is 4.99. The second-order valence-corrected chi connectivity index (χ2v) is 5.38. The lowest BCUT2D eigenvalue weighted by Crippen LogP contribution is -2.36. The van der Waals surface area contributed by atoms with Crippen molar-refractivity contribution in [3.05, 3.63) is 41.5 Å². The van der Waals surface area contributed by atoms with Gasteiger partial charge in [0.25, 0.3) is 0 Å². The van der Waals surface area contributed by atoms with Crippen LogP contribution in [0.25, 0.3) is 0 Å². The van der Waals surface area contributed by atoms with Gasteiger partial charge in [0.2, 0.25) is 5.91 Å². The molecule has 0 saturated carbocycles. The van der Waals surface area contributed by atoms with E-state index in [4.69, 9.17) is 4.74 Å². The topological polar surface area (TPSA) is 41.6 Å². The number of hydrogen-bond acceptors (Lipinski definition) is 3. The highest BCUT2D eigenvalue weighted by molar-refractivity contribution is 5.92. The maximum atomic E-state index is 12.1. The molecule has 1 aromatic carbocycles. The van der Waals surface area contributed by atoms with Gasteiger partial charge in [-0.2, -0.15) is 0 Å². The molecule has 0 radical (unpaired) electrons. The van der Waals surface area contributed by atoms with E-state index in [1.165, 1.54) is 11.1 Å². The Labute approximate surface area is 126 Å². The van der Waals surface area contributed by atoms with E-state index in [1.807, 2.05) is 18.2 Å².